The van der Waals surface area contributed by atoms with E-state index < -0.39 is 5.97 Å². The van der Waals surface area contributed by atoms with E-state index in [2.05, 4.69) is 4.90 Å². The summed E-state index contributed by atoms with van der Waals surface area (Å²) in [6, 6.07) is 0. The van der Waals surface area contributed by atoms with Gasteiger partial charge in [0.2, 0.25) is 5.91 Å². The number of nitrogens with zero attached hydrogens (tertiary/aromatic N) is 1. The number of fused-ring (bicyclic) bond motifs is 1. The van der Waals surface area contributed by atoms with Gasteiger partial charge in [-0.15, -0.1) is 0 Å². The van der Waals surface area contributed by atoms with Gasteiger partial charge >= 0.3 is 5.97 Å². The van der Waals surface area contributed by atoms with Crippen molar-refractivity contribution in [3.63, 3.8) is 0 Å². The zero-order chi connectivity index (χ0) is 14.1. The molecule has 2 unspecified atom stereocenters. The number of carboxylic acids is 1. The fourth-order valence-electron chi connectivity index (χ4n) is 4.34. The number of carboxylic acid groups (broad SMARTS) is 1. The maximum atomic E-state index is 12.5. The molecule has 4 heteroatoms. The van der Waals surface area contributed by atoms with Gasteiger partial charge in [-0.1, -0.05) is 12.8 Å². The van der Waals surface area contributed by atoms with Crippen LogP contribution in [0.1, 0.15) is 51.4 Å². The Hall–Kier alpha value is -1.06. The molecule has 0 radical (unpaired) electrons. The molecule has 1 heterocycles. The molecule has 1 amide bonds. The molecule has 1 N–H and O–H groups in total. The van der Waals surface area contributed by atoms with Crippen LogP contribution in [0.2, 0.25) is 0 Å². The summed E-state index contributed by atoms with van der Waals surface area (Å²) in [5, 5.41) is 8.72. The van der Waals surface area contributed by atoms with Crippen LogP contribution in [0, 0.1) is 23.7 Å². The average Bonchev–Trinajstić information content (AvgIpc) is 3.19. The molecule has 4 nitrogen and oxygen atoms in total. The lowest BCUT2D eigenvalue weighted by molar-refractivity contribution is -0.138. The lowest BCUT2D eigenvalue weighted by Gasteiger charge is -2.32. The third-order valence-electron chi connectivity index (χ3n) is 5.63. The zero-order valence-electron chi connectivity index (χ0n) is 12.1. The monoisotopic (exact) mass is 279 g/mol. The van der Waals surface area contributed by atoms with E-state index in [4.69, 9.17) is 5.11 Å². The van der Waals surface area contributed by atoms with E-state index in [0.717, 1.165) is 32.4 Å². The molecule has 3 fully saturated rings. The van der Waals surface area contributed by atoms with Gasteiger partial charge in [0, 0.05) is 25.4 Å². The normalized spacial score (nSPS) is 33.6. The number of amides is 1. The molecule has 0 aromatic carbocycles. The van der Waals surface area contributed by atoms with Gasteiger partial charge in [-0.2, -0.15) is 0 Å². The minimum atomic E-state index is -0.703. The predicted octanol–water partition coefficient (Wildman–Crippen LogP) is 2.53. The molecule has 0 bridgehead atoms. The van der Waals surface area contributed by atoms with Crippen LogP contribution in [-0.4, -0.2) is 35.0 Å². The predicted molar refractivity (Wildman–Crippen MR) is 75.1 cm³/mol. The van der Waals surface area contributed by atoms with Crippen LogP contribution in [0.3, 0.4) is 0 Å². The van der Waals surface area contributed by atoms with E-state index in [1.807, 2.05) is 0 Å². The maximum Gasteiger partial charge on any atom is 0.303 e. The molecule has 0 aromatic rings. The molecule has 3 aliphatic rings. The van der Waals surface area contributed by atoms with Gasteiger partial charge in [0.15, 0.2) is 0 Å². The second-order valence-corrected chi connectivity index (χ2v) is 6.84. The van der Waals surface area contributed by atoms with E-state index in [1.165, 1.54) is 25.7 Å². The van der Waals surface area contributed by atoms with Crippen LogP contribution in [-0.2, 0) is 9.59 Å². The molecule has 3 rings (SSSR count). The smallest absolute Gasteiger partial charge is 0.303 e. The zero-order valence-corrected chi connectivity index (χ0v) is 12.1. The Morgan fingerprint density at radius 1 is 1.00 bits per heavy atom. The van der Waals surface area contributed by atoms with Crippen LogP contribution in [0.4, 0.5) is 0 Å². The summed E-state index contributed by atoms with van der Waals surface area (Å²) in [4.78, 5) is 25.2. The number of rotatable bonds is 4. The summed E-state index contributed by atoms with van der Waals surface area (Å²) in [7, 11) is 0. The van der Waals surface area contributed by atoms with E-state index in [0.29, 0.717) is 29.6 Å². The van der Waals surface area contributed by atoms with E-state index >= 15 is 0 Å². The number of carbonyl (C=O) groups is 2. The van der Waals surface area contributed by atoms with Gasteiger partial charge in [-0.25, -0.2) is 0 Å². The van der Waals surface area contributed by atoms with Crippen LogP contribution >= 0.6 is 0 Å². The first-order valence-electron chi connectivity index (χ1n) is 8.17. The molecule has 0 spiro atoms. The van der Waals surface area contributed by atoms with Gasteiger partial charge in [-0.05, 0) is 49.9 Å². The largest absolute Gasteiger partial charge is 0.481 e. The number of aliphatic carboxylic acids is 1. The number of piperidine rings is 1. The molecular weight excluding hydrogens is 254 g/mol. The third kappa shape index (κ3) is 2.84. The third-order valence-corrected chi connectivity index (χ3v) is 5.63. The highest BCUT2D eigenvalue weighted by Gasteiger charge is 2.55. The minimum Gasteiger partial charge on any atom is -0.481 e. The molecule has 2 atom stereocenters. The Labute approximate surface area is 120 Å². The number of carbonyl (C=O) groups excluding carboxylic acids is 1. The molecule has 112 valence electrons. The SMILES string of the molecule is O=C(O)CCC1CCN(C(=O)C2C3CCCCC32)CC1. The highest BCUT2D eigenvalue weighted by molar-refractivity contribution is 5.82. The highest BCUT2D eigenvalue weighted by Crippen LogP contribution is 2.56. The first kappa shape index (κ1) is 13.9. The molecule has 0 aromatic heterocycles. The van der Waals surface area contributed by atoms with Crippen molar-refractivity contribution in [1.82, 2.24) is 4.90 Å². The molecule has 2 saturated carbocycles. The van der Waals surface area contributed by atoms with Crippen molar-refractivity contribution in [2.24, 2.45) is 23.7 Å². The van der Waals surface area contributed by atoms with Crippen molar-refractivity contribution in [2.45, 2.75) is 51.4 Å². The topological polar surface area (TPSA) is 57.6 Å². The van der Waals surface area contributed by atoms with Gasteiger partial charge in [-0.3, -0.25) is 9.59 Å². The first-order valence-corrected chi connectivity index (χ1v) is 8.17. The Morgan fingerprint density at radius 2 is 1.60 bits per heavy atom. The first-order chi connectivity index (χ1) is 9.66. The van der Waals surface area contributed by atoms with Crippen LogP contribution in [0.5, 0.6) is 0 Å². The quantitative estimate of drug-likeness (QED) is 0.860. The summed E-state index contributed by atoms with van der Waals surface area (Å²) in [6.07, 6.45) is 8.15. The number of hydrogen-bond acceptors (Lipinski definition) is 2. The molecular formula is C16H25NO3. The van der Waals surface area contributed by atoms with Crippen molar-refractivity contribution in [3.8, 4) is 0 Å². The van der Waals surface area contributed by atoms with Crippen LogP contribution in [0.15, 0.2) is 0 Å². The molecule has 1 saturated heterocycles. The summed E-state index contributed by atoms with van der Waals surface area (Å²) in [6.45, 7) is 1.69. The van der Waals surface area contributed by atoms with Crippen molar-refractivity contribution in [1.29, 1.82) is 0 Å². The summed E-state index contributed by atoms with van der Waals surface area (Å²) in [5.74, 6) is 1.93. The van der Waals surface area contributed by atoms with E-state index in [9.17, 15) is 9.59 Å². The van der Waals surface area contributed by atoms with Crippen molar-refractivity contribution in [3.05, 3.63) is 0 Å². The van der Waals surface area contributed by atoms with Crippen molar-refractivity contribution < 1.29 is 14.7 Å². The van der Waals surface area contributed by atoms with Gasteiger partial charge in [0.05, 0.1) is 0 Å². The number of hydrogen-bond donors (Lipinski definition) is 1. The molecule has 2 aliphatic carbocycles. The maximum absolute atomic E-state index is 12.5. The van der Waals surface area contributed by atoms with Crippen molar-refractivity contribution >= 4 is 11.9 Å². The summed E-state index contributed by atoms with van der Waals surface area (Å²) in [5.41, 5.74) is 0. The Bertz CT molecular complexity index is 375. The number of likely N-dealkylation sites (tertiary alicyclic amines) is 1. The fraction of sp³-hybridized carbons (Fsp3) is 0.875. The highest BCUT2D eigenvalue weighted by atomic mass is 16.4. The van der Waals surface area contributed by atoms with Gasteiger partial charge in [0.25, 0.3) is 0 Å². The molecule has 20 heavy (non-hydrogen) atoms. The van der Waals surface area contributed by atoms with Gasteiger partial charge < -0.3 is 10.0 Å². The second kappa shape index (κ2) is 5.74. The average molecular weight is 279 g/mol. The minimum absolute atomic E-state index is 0.269. The lowest BCUT2D eigenvalue weighted by Crippen LogP contribution is -2.40. The van der Waals surface area contributed by atoms with Crippen LogP contribution < -0.4 is 0 Å². The molecule has 1 aliphatic heterocycles. The summed E-state index contributed by atoms with van der Waals surface area (Å²) >= 11 is 0. The van der Waals surface area contributed by atoms with Crippen LogP contribution in [0.25, 0.3) is 0 Å². The second-order valence-electron chi connectivity index (χ2n) is 6.84. The fourth-order valence-corrected chi connectivity index (χ4v) is 4.34. The summed E-state index contributed by atoms with van der Waals surface area (Å²) < 4.78 is 0. The van der Waals surface area contributed by atoms with E-state index in [1.54, 1.807) is 0 Å². The van der Waals surface area contributed by atoms with Gasteiger partial charge in [0.1, 0.15) is 0 Å². The van der Waals surface area contributed by atoms with Crippen molar-refractivity contribution in [2.75, 3.05) is 13.1 Å². The Morgan fingerprint density at radius 3 is 2.15 bits per heavy atom. The standard InChI is InChI=1S/C16H25NO3/c18-14(19)6-5-11-7-9-17(10-8-11)16(20)15-12-3-1-2-4-13(12)15/h11-13,15H,1-10H2,(H,18,19). The lowest BCUT2D eigenvalue weighted by atomic mass is 9.92. The Kier molecular flexibility index (Phi) is 3.99. The Balaban J connectivity index is 1.44. The van der Waals surface area contributed by atoms with E-state index in [-0.39, 0.29) is 6.42 Å².